The van der Waals surface area contributed by atoms with Gasteiger partial charge in [-0.3, -0.25) is 9.59 Å². The fourth-order valence-electron chi connectivity index (χ4n) is 1.65. The summed E-state index contributed by atoms with van der Waals surface area (Å²) >= 11 is 0. The SMILES string of the molecule is CCN(Cc1cccc(C)c1)C(=O)CC(=O)O. The first-order valence-electron chi connectivity index (χ1n) is 5.58. The van der Waals surface area contributed by atoms with E-state index in [2.05, 4.69) is 0 Å². The van der Waals surface area contributed by atoms with Crippen LogP contribution in [0.25, 0.3) is 0 Å². The third-order valence-electron chi connectivity index (χ3n) is 2.49. The number of nitrogens with zero attached hydrogens (tertiary/aromatic N) is 1. The summed E-state index contributed by atoms with van der Waals surface area (Å²) in [6.07, 6.45) is -0.445. The lowest BCUT2D eigenvalue weighted by Crippen LogP contribution is -2.31. The molecule has 0 saturated heterocycles. The van der Waals surface area contributed by atoms with Crippen molar-refractivity contribution < 1.29 is 14.7 Å². The highest BCUT2D eigenvalue weighted by Crippen LogP contribution is 2.08. The minimum Gasteiger partial charge on any atom is -0.481 e. The zero-order valence-electron chi connectivity index (χ0n) is 10.1. The van der Waals surface area contributed by atoms with Crippen molar-refractivity contribution >= 4 is 11.9 Å². The molecule has 0 aromatic heterocycles. The molecule has 92 valence electrons. The smallest absolute Gasteiger partial charge is 0.312 e. The summed E-state index contributed by atoms with van der Waals surface area (Å²) in [5.74, 6) is -1.43. The van der Waals surface area contributed by atoms with E-state index in [0.29, 0.717) is 13.1 Å². The van der Waals surface area contributed by atoms with Crippen LogP contribution in [0.2, 0.25) is 0 Å². The van der Waals surface area contributed by atoms with Crippen molar-refractivity contribution in [3.05, 3.63) is 35.4 Å². The molecule has 0 aliphatic rings. The number of benzene rings is 1. The Morgan fingerprint density at radius 1 is 1.35 bits per heavy atom. The van der Waals surface area contributed by atoms with E-state index in [1.165, 1.54) is 0 Å². The molecule has 1 rings (SSSR count). The van der Waals surface area contributed by atoms with E-state index >= 15 is 0 Å². The largest absolute Gasteiger partial charge is 0.481 e. The molecule has 0 fully saturated rings. The number of aliphatic carboxylic acids is 1. The maximum atomic E-state index is 11.6. The highest BCUT2D eigenvalue weighted by Gasteiger charge is 2.15. The molecule has 0 heterocycles. The van der Waals surface area contributed by atoms with Crippen LogP contribution in [0.15, 0.2) is 24.3 Å². The monoisotopic (exact) mass is 235 g/mol. The Morgan fingerprint density at radius 3 is 2.59 bits per heavy atom. The van der Waals surface area contributed by atoms with Gasteiger partial charge in [0, 0.05) is 13.1 Å². The van der Waals surface area contributed by atoms with Crippen molar-refractivity contribution in [3.8, 4) is 0 Å². The molecule has 0 bridgehead atoms. The normalized spacial score (nSPS) is 10.0. The zero-order chi connectivity index (χ0) is 12.8. The van der Waals surface area contributed by atoms with E-state index in [9.17, 15) is 9.59 Å². The summed E-state index contributed by atoms with van der Waals surface area (Å²) in [7, 11) is 0. The molecule has 4 heteroatoms. The lowest BCUT2D eigenvalue weighted by Gasteiger charge is -2.20. The van der Waals surface area contributed by atoms with Gasteiger partial charge in [-0.05, 0) is 19.4 Å². The van der Waals surface area contributed by atoms with Gasteiger partial charge in [0.25, 0.3) is 0 Å². The first-order valence-corrected chi connectivity index (χ1v) is 5.58. The molecule has 1 aromatic rings. The Balaban J connectivity index is 2.69. The predicted octanol–water partition coefficient (Wildman–Crippen LogP) is 1.82. The first kappa shape index (κ1) is 13.2. The Morgan fingerprint density at radius 2 is 2.06 bits per heavy atom. The fraction of sp³-hybridized carbons (Fsp3) is 0.385. The van der Waals surface area contributed by atoms with Gasteiger partial charge >= 0.3 is 5.97 Å². The number of hydrogen-bond acceptors (Lipinski definition) is 2. The molecule has 1 aromatic carbocycles. The summed E-state index contributed by atoms with van der Waals surface area (Å²) in [5, 5.41) is 8.59. The number of carboxylic acids is 1. The van der Waals surface area contributed by atoms with Crippen molar-refractivity contribution in [1.82, 2.24) is 4.90 Å². The number of carboxylic acid groups (broad SMARTS) is 1. The summed E-state index contributed by atoms with van der Waals surface area (Å²) < 4.78 is 0. The Kier molecular flexibility index (Phi) is 4.69. The molecular weight excluding hydrogens is 218 g/mol. The molecule has 0 atom stereocenters. The van der Waals surface area contributed by atoms with Gasteiger partial charge in [-0.15, -0.1) is 0 Å². The van der Waals surface area contributed by atoms with Crippen molar-refractivity contribution in [2.24, 2.45) is 0 Å². The standard InChI is InChI=1S/C13H17NO3/c1-3-14(12(15)8-13(16)17)9-11-6-4-5-10(2)7-11/h4-7H,3,8-9H2,1-2H3,(H,16,17). The van der Waals surface area contributed by atoms with Crippen molar-refractivity contribution in [3.63, 3.8) is 0 Å². The molecule has 1 amide bonds. The van der Waals surface area contributed by atoms with Crippen LogP contribution in [0, 0.1) is 6.92 Å². The van der Waals surface area contributed by atoms with E-state index in [0.717, 1.165) is 11.1 Å². The predicted molar refractivity (Wildman–Crippen MR) is 64.5 cm³/mol. The number of carbonyl (C=O) groups excluding carboxylic acids is 1. The Hall–Kier alpha value is -1.84. The maximum Gasteiger partial charge on any atom is 0.312 e. The van der Waals surface area contributed by atoms with Gasteiger partial charge in [0.1, 0.15) is 6.42 Å². The summed E-state index contributed by atoms with van der Waals surface area (Å²) in [5.41, 5.74) is 2.15. The van der Waals surface area contributed by atoms with E-state index in [1.807, 2.05) is 38.1 Å². The highest BCUT2D eigenvalue weighted by molar-refractivity contribution is 5.93. The van der Waals surface area contributed by atoms with Crippen molar-refractivity contribution in [1.29, 1.82) is 0 Å². The molecular formula is C13H17NO3. The van der Waals surface area contributed by atoms with Crippen LogP contribution in [-0.4, -0.2) is 28.4 Å². The molecule has 4 nitrogen and oxygen atoms in total. The minimum atomic E-state index is -1.09. The first-order chi connectivity index (χ1) is 8.02. The third kappa shape index (κ3) is 4.26. The van der Waals surface area contributed by atoms with Gasteiger partial charge in [-0.2, -0.15) is 0 Å². The molecule has 0 aliphatic heterocycles. The summed E-state index contributed by atoms with van der Waals surface area (Å²) in [6, 6.07) is 7.85. The van der Waals surface area contributed by atoms with Gasteiger partial charge in [0.15, 0.2) is 0 Å². The maximum absolute atomic E-state index is 11.6. The van der Waals surface area contributed by atoms with Crippen LogP contribution >= 0.6 is 0 Å². The lowest BCUT2D eigenvalue weighted by molar-refractivity contribution is -0.144. The van der Waals surface area contributed by atoms with Crippen molar-refractivity contribution in [2.45, 2.75) is 26.8 Å². The van der Waals surface area contributed by atoms with Gasteiger partial charge in [0.05, 0.1) is 0 Å². The molecule has 0 radical (unpaired) electrons. The van der Waals surface area contributed by atoms with Crippen LogP contribution < -0.4 is 0 Å². The van der Waals surface area contributed by atoms with Gasteiger partial charge in [0.2, 0.25) is 5.91 Å². The number of aryl methyl sites for hydroxylation is 1. The minimum absolute atomic E-state index is 0.346. The summed E-state index contributed by atoms with van der Waals surface area (Å²) in [6.45, 7) is 4.80. The average Bonchev–Trinajstić information content (AvgIpc) is 2.24. The number of rotatable bonds is 5. The average molecular weight is 235 g/mol. The van der Waals surface area contributed by atoms with Gasteiger partial charge in [-0.1, -0.05) is 29.8 Å². The van der Waals surface area contributed by atoms with Crippen molar-refractivity contribution in [2.75, 3.05) is 6.54 Å². The number of amides is 1. The third-order valence-corrected chi connectivity index (χ3v) is 2.49. The van der Waals surface area contributed by atoms with Crippen LogP contribution in [-0.2, 0) is 16.1 Å². The number of hydrogen-bond donors (Lipinski definition) is 1. The van der Waals surface area contributed by atoms with E-state index in [4.69, 9.17) is 5.11 Å². The molecule has 0 unspecified atom stereocenters. The molecule has 1 N–H and O–H groups in total. The quantitative estimate of drug-likeness (QED) is 0.792. The van der Waals surface area contributed by atoms with Gasteiger partial charge < -0.3 is 10.0 Å². The molecule has 0 spiro atoms. The van der Waals surface area contributed by atoms with Crippen LogP contribution in [0.4, 0.5) is 0 Å². The van der Waals surface area contributed by atoms with E-state index in [1.54, 1.807) is 4.90 Å². The van der Waals surface area contributed by atoms with E-state index < -0.39 is 12.4 Å². The second kappa shape index (κ2) is 6.03. The molecule has 17 heavy (non-hydrogen) atoms. The Bertz CT molecular complexity index is 415. The fourth-order valence-corrected chi connectivity index (χ4v) is 1.65. The van der Waals surface area contributed by atoms with Crippen LogP contribution in [0.5, 0.6) is 0 Å². The summed E-state index contributed by atoms with van der Waals surface area (Å²) in [4.78, 5) is 23.7. The topological polar surface area (TPSA) is 57.6 Å². The second-order valence-corrected chi connectivity index (χ2v) is 3.97. The zero-order valence-corrected chi connectivity index (χ0v) is 10.1. The van der Waals surface area contributed by atoms with E-state index in [-0.39, 0.29) is 5.91 Å². The van der Waals surface area contributed by atoms with Gasteiger partial charge in [-0.25, -0.2) is 0 Å². The Labute approximate surface area is 101 Å². The lowest BCUT2D eigenvalue weighted by atomic mass is 10.1. The second-order valence-electron chi connectivity index (χ2n) is 3.97. The molecule has 0 saturated carbocycles. The van der Waals surface area contributed by atoms with Crippen LogP contribution in [0.3, 0.4) is 0 Å². The molecule has 0 aliphatic carbocycles. The van der Waals surface area contributed by atoms with Crippen LogP contribution in [0.1, 0.15) is 24.5 Å². The highest BCUT2D eigenvalue weighted by atomic mass is 16.4. The number of carbonyl (C=O) groups is 2.